The Kier molecular flexibility index (Phi) is 2.86. The van der Waals surface area contributed by atoms with Crippen molar-refractivity contribution in [1.29, 1.82) is 0 Å². The first kappa shape index (κ1) is 13.5. The molecule has 2 aliphatic rings. The predicted octanol–water partition coefficient (Wildman–Crippen LogP) is 2.27. The Balaban J connectivity index is 1.75. The number of likely N-dealkylation sites (tertiary alicyclic amines) is 1. The van der Waals surface area contributed by atoms with E-state index in [1.807, 2.05) is 30.8 Å². The number of imidazole rings is 1. The van der Waals surface area contributed by atoms with Crippen LogP contribution in [0.4, 0.5) is 0 Å². The molecule has 0 aromatic carbocycles. The molecule has 114 valence electrons. The summed E-state index contributed by atoms with van der Waals surface area (Å²) in [6.45, 7) is 2.74. The molecule has 2 fully saturated rings. The van der Waals surface area contributed by atoms with Crippen molar-refractivity contribution in [3.05, 3.63) is 47.8 Å². The van der Waals surface area contributed by atoms with Gasteiger partial charge in [0.05, 0.1) is 11.7 Å². The van der Waals surface area contributed by atoms with Gasteiger partial charge >= 0.3 is 0 Å². The second kappa shape index (κ2) is 4.66. The molecule has 4 rings (SSSR count). The normalized spacial score (nSPS) is 26.6. The van der Waals surface area contributed by atoms with E-state index in [0.717, 1.165) is 25.2 Å². The number of nitrogens with zero attached hydrogens (tertiary/aromatic N) is 4. The lowest BCUT2D eigenvalue weighted by Crippen LogP contribution is -2.54. The van der Waals surface area contributed by atoms with E-state index in [1.54, 1.807) is 12.4 Å². The van der Waals surface area contributed by atoms with E-state index in [9.17, 15) is 4.79 Å². The number of pyridine rings is 1. The number of carbonyl (C=O) groups is 1. The number of aryl methyl sites for hydroxylation is 1. The van der Waals surface area contributed by atoms with E-state index in [0.29, 0.717) is 11.6 Å². The van der Waals surface area contributed by atoms with E-state index in [2.05, 4.69) is 20.9 Å². The first-order valence-electron chi connectivity index (χ1n) is 7.85. The van der Waals surface area contributed by atoms with Crippen LogP contribution in [0.25, 0.3) is 0 Å². The lowest BCUT2D eigenvalue weighted by Gasteiger charge is -2.50. The Morgan fingerprint density at radius 1 is 1.36 bits per heavy atom. The van der Waals surface area contributed by atoms with E-state index in [4.69, 9.17) is 0 Å². The Morgan fingerprint density at radius 3 is 2.82 bits per heavy atom. The lowest BCUT2D eigenvalue weighted by molar-refractivity contribution is 0.0135. The van der Waals surface area contributed by atoms with Gasteiger partial charge in [-0.15, -0.1) is 0 Å². The molecule has 0 N–H and O–H groups in total. The highest BCUT2D eigenvalue weighted by Crippen LogP contribution is 2.57. The minimum atomic E-state index is -0.149. The van der Waals surface area contributed by atoms with Gasteiger partial charge in [0, 0.05) is 26.0 Å². The van der Waals surface area contributed by atoms with Crippen molar-refractivity contribution < 1.29 is 4.79 Å². The quantitative estimate of drug-likeness (QED) is 0.854. The van der Waals surface area contributed by atoms with Crippen LogP contribution in [0.15, 0.2) is 30.7 Å². The molecule has 0 spiro atoms. The third-order valence-corrected chi connectivity index (χ3v) is 5.58. The van der Waals surface area contributed by atoms with Crippen molar-refractivity contribution in [1.82, 2.24) is 19.4 Å². The summed E-state index contributed by atoms with van der Waals surface area (Å²) in [5.41, 5.74) is 1.70. The van der Waals surface area contributed by atoms with Crippen molar-refractivity contribution in [2.75, 3.05) is 6.54 Å². The average Bonchev–Trinajstić information content (AvgIpc) is 2.98. The van der Waals surface area contributed by atoms with Crippen molar-refractivity contribution in [2.24, 2.45) is 13.0 Å². The maximum atomic E-state index is 13.1. The van der Waals surface area contributed by atoms with E-state index in [-0.39, 0.29) is 11.4 Å². The molecular weight excluding hydrogens is 276 g/mol. The van der Waals surface area contributed by atoms with Crippen LogP contribution < -0.4 is 0 Å². The molecule has 1 aliphatic carbocycles. The topological polar surface area (TPSA) is 51.0 Å². The zero-order valence-electron chi connectivity index (χ0n) is 13.0. The van der Waals surface area contributed by atoms with Crippen molar-refractivity contribution in [3.8, 4) is 0 Å². The second-order valence-corrected chi connectivity index (χ2v) is 6.40. The summed E-state index contributed by atoms with van der Waals surface area (Å²) in [4.78, 5) is 23.7. The molecule has 1 saturated heterocycles. The highest BCUT2D eigenvalue weighted by Gasteiger charge is 2.57. The van der Waals surface area contributed by atoms with Gasteiger partial charge in [-0.05, 0) is 43.7 Å². The van der Waals surface area contributed by atoms with Crippen LogP contribution in [0.2, 0.25) is 0 Å². The van der Waals surface area contributed by atoms with Gasteiger partial charge in [0.15, 0.2) is 0 Å². The SMILES string of the molecule is Cc1ncc(C(=O)N2CC[C@@H]3CC[C@@]32c2cccnc2)n1C. The first-order chi connectivity index (χ1) is 10.6. The number of aromatic nitrogens is 3. The van der Waals surface area contributed by atoms with Gasteiger partial charge in [0.1, 0.15) is 11.5 Å². The number of fused-ring (bicyclic) bond motifs is 1. The van der Waals surface area contributed by atoms with E-state index >= 15 is 0 Å². The zero-order chi connectivity index (χ0) is 15.3. The predicted molar refractivity (Wildman–Crippen MR) is 82.2 cm³/mol. The number of rotatable bonds is 2. The Hall–Kier alpha value is -2.17. The molecule has 2 aromatic heterocycles. The van der Waals surface area contributed by atoms with Gasteiger partial charge in [-0.25, -0.2) is 4.98 Å². The molecule has 0 unspecified atom stereocenters. The maximum Gasteiger partial charge on any atom is 0.272 e. The zero-order valence-corrected chi connectivity index (χ0v) is 13.0. The van der Waals surface area contributed by atoms with Gasteiger partial charge < -0.3 is 9.47 Å². The number of hydrogen-bond acceptors (Lipinski definition) is 3. The number of hydrogen-bond donors (Lipinski definition) is 0. The highest BCUT2D eigenvalue weighted by atomic mass is 16.2. The molecule has 22 heavy (non-hydrogen) atoms. The van der Waals surface area contributed by atoms with Gasteiger partial charge in [0.25, 0.3) is 5.91 Å². The van der Waals surface area contributed by atoms with Crippen LogP contribution in [0.1, 0.15) is 41.1 Å². The summed E-state index contributed by atoms with van der Waals surface area (Å²) < 4.78 is 1.88. The largest absolute Gasteiger partial charge is 0.327 e. The summed E-state index contributed by atoms with van der Waals surface area (Å²) in [6, 6.07) is 4.08. The van der Waals surface area contributed by atoms with Gasteiger partial charge in [0.2, 0.25) is 0 Å². The third kappa shape index (κ3) is 1.62. The molecule has 0 radical (unpaired) electrons. The minimum absolute atomic E-state index is 0.0918. The molecule has 1 aliphatic heterocycles. The monoisotopic (exact) mass is 296 g/mol. The fraction of sp³-hybridized carbons (Fsp3) is 0.471. The fourth-order valence-corrected chi connectivity index (χ4v) is 4.12. The summed E-state index contributed by atoms with van der Waals surface area (Å²) in [5.74, 6) is 1.52. The summed E-state index contributed by atoms with van der Waals surface area (Å²) >= 11 is 0. The minimum Gasteiger partial charge on any atom is -0.327 e. The Morgan fingerprint density at radius 2 is 2.23 bits per heavy atom. The van der Waals surface area contributed by atoms with Gasteiger partial charge in [-0.2, -0.15) is 0 Å². The van der Waals surface area contributed by atoms with Crippen molar-refractivity contribution in [3.63, 3.8) is 0 Å². The second-order valence-electron chi connectivity index (χ2n) is 6.40. The molecule has 5 heteroatoms. The molecule has 3 heterocycles. The Labute approximate surface area is 130 Å². The van der Waals surface area contributed by atoms with Crippen LogP contribution in [0, 0.1) is 12.8 Å². The molecule has 1 saturated carbocycles. The molecule has 2 atom stereocenters. The van der Waals surface area contributed by atoms with Crippen molar-refractivity contribution in [2.45, 2.75) is 31.7 Å². The fourth-order valence-electron chi connectivity index (χ4n) is 4.12. The van der Waals surface area contributed by atoms with Crippen LogP contribution >= 0.6 is 0 Å². The number of amides is 1. The van der Waals surface area contributed by atoms with Gasteiger partial charge in [-0.1, -0.05) is 6.07 Å². The summed E-state index contributed by atoms with van der Waals surface area (Å²) in [7, 11) is 1.90. The smallest absolute Gasteiger partial charge is 0.272 e. The molecule has 2 aromatic rings. The molecule has 5 nitrogen and oxygen atoms in total. The Bertz CT molecular complexity index is 724. The first-order valence-corrected chi connectivity index (χ1v) is 7.85. The molecule has 0 bridgehead atoms. The number of carbonyl (C=O) groups excluding carboxylic acids is 1. The van der Waals surface area contributed by atoms with E-state index in [1.165, 1.54) is 12.0 Å². The van der Waals surface area contributed by atoms with Crippen LogP contribution in [-0.4, -0.2) is 31.9 Å². The summed E-state index contributed by atoms with van der Waals surface area (Å²) in [6.07, 6.45) is 8.72. The average molecular weight is 296 g/mol. The highest BCUT2D eigenvalue weighted by molar-refractivity contribution is 5.93. The van der Waals surface area contributed by atoms with E-state index < -0.39 is 0 Å². The van der Waals surface area contributed by atoms with Crippen LogP contribution in [-0.2, 0) is 12.6 Å². The van der Waals surface area contributed by atoms with Crippen molar-refractivity contribution >= 4 is 5.91 Å². The van der Waals surface area contributed by atoms with Gasteiger partial charge in [-0.3, -0.25) is 9.78 Å². The maximum absolute atomic E-state index is 13.1. The van der Waals surface area contributed by atoms with Crippen LogP contribution in [0.3, 0.4) is 0 Å². The lowest BCUT2D eigenvalue weighted by atomic mass is 9.64. The van der Waals surface area contributed by atoms with Crippen LogP contribution in [0.5, 0.6) is 0 Å². The summed E-state index contributed by atoms with van der Waals surface area (Å²) in [5, 5.41) is 0. The third-order valence-electron chi connectivity index (χ3n) is 5.58. The molecule has 1 amide bonds. The molecular formula is C17H20N4O. The standard InChI is InChI=1S/C17H20N4O/c1-12-19-11-15(20(12)2)16(22)21-9-6-13-5-7-17(13,21)14-4-3-8-18-10-14/h3-4,8,10-11,13H,5-7,9H2,1-2H3/t13-,17-/m0/s1.